The average Bonchev–Trinajstić information content (AvgIpc) is 2.71. The van der Waals surface area contributed by atoms with Gasteiger partial charge >= 0.3 is 5.97 Å². The number of aliphatic imine (C=N–C) groups is 1. The van der Waals surface area contributed by atoms with Crippen molar-refractivity contribution < 1.29 is 14.3 Å². The molecule has 160 valence electrons. The molecule has 1 aliphatic carbocycles. The number of carbonyl (C=O) groups is 2. The lowest BCUT2D eigenvalue weighted by molar-refractivity contribution is -0.140. The first-order chi connectivity index (χ1) is 14.7. The Morgan fingerprint density at radius 2 is 1.68 bits per heavy atom. The summed E-state index contributed by atoms with van der Waals surface area (Å²) in [6.45, 7) is 8.29. The summed E-state index contributed by atoms with van der Waals surface area (Å²) in [6.07, 6.45) is 1.25. The van der Waals surface area contributed by atoms with E-state index in [1.165, 1.54) is 0 Å². The van der Waals surface area contributed by atoms with Gasteiger partial charge in [-0.2, -0.15) is 0 Å². The lowest BCUT2D eigenvalue weighted by Crippen LogP contribution is -2.44. The molecule has 0 aromatic heterocycles. The summed E-state index contributed by atoms with van der Waals surface area (Å²) in [4.78, 5) is 31.3. The Bertz CT molecular complexity index is 1060. The van der Waals surface area contributed by atoms with Crippen molar-refractivity contribution in [3.05, 3.63) is 82.6 Å². The lowest BCUT2D eigenvalue weighted by atomic mass is 9.63. The van der Waals surface area contributed by atoms with Crippen LogP contribution in [0.4, 0.5) is 0 Å². The molecule has 2 aliphatic rings. The van der Waals surface area contributed by atoms with Crippen molar-refractivity contribution in [2.24, 2.45) is 16.3 Å². The van der Waals surface area contributed by atoms with Crippen LogP contribution in [0.3, 0.4) is 0 Å². The van der Waals surface area contributed by atoms with Crippen LogP contribution in [0.15, 0.2) is 70.9 Å². The van der Waals surface area contributed by atoms with Gasteiger partial charge in [-0.25, -0.2) is 4.79 Å². The third kappa shape index (κ3) is 4.39. The quantitative estimate of drug-likeness (QED) is 0.615. The highest BCUT2D eigenvalue weighted by Crippen LogP contribution is 2.47. The summed E-state index contributed by atoms with van der Waals surface area (Å²) in [5.41, 5.74) is 4.96. The van der Waals surface area contributed by atoms with E-state index in [2.05, 4.69) is 13.8 Å². The molecule has 0 N–H and O–H groups in total. The number of nitrogens with zero attached hydrogens (tertiary/aromatic N) is 1. The molecule has 0 radical (unpaired) electrons. The minimum absolute atomic E-state index is 0.115. The molecule has 4 nitrogen and oxygen atoms in total. The van der Waals surface area contributed by atoms with Crippen molar-refractivity contribution >= 4 is 17.5 Å². The van der Waals surface area contributed by atoms with Gasteiger partial charge in [-0.1, -0.05) is 74.0 Å². The van der Waals surface area contributed by atoms with Crippen molar-refractivity contribution in [1.82, 2.24) is 0 Å². The number of allylic oxidation sites excluding steroid dienone is 1. The van der Waals surface area contributed by atoms with Crippen molar-refractivity contribution in [2.45, 2.75) is 53.1 Å². The second-order valence-corrected chi connectivity index (χ2v) is 9.51. The standard InChI is InChI=1S/C27H29NO3/c1-17-10-12-20(13-11-17)24-23(26(30)31-16-19-8-6-5-7-9-19)18(2)28-21-14-27(3,4)15-22(29)25(21)24/h5-13,24-25H,14-16H2,1-4H3/t24-,25?/m1/s1. The summed E-state index contributed by atoms with van der Waals surface area (Å²) in [7, 11) is 0. The summed E-state index contributed by atoms with van der Waals surface area (Å²) in [5, 5.41) is 0. The highest BCUT2D eigenvalue weighted by atomic mass is 16.5. The zero-order valence-corrected chi connectivity index (χ0v) is 18.6. The van der Waals surface area contributed by atoms with Gasteiger partial charge in [-0.05, 0) is 36.8 Å². The zero-order valence-electron chi connectivity index (χ0n) is 18.6. The predicted molar refractivity (Wildman–Crippen MR) is 122 cm³/mol. The van der Waals surface area contributed by atoms with E-state index in [1.807, 2.05) is 68.4 Å². The summed E-state index contributed by atoms with van der Waals surface area (Å²) in [5.74, 6) is -1.01. The van der Waals surface area contributed by atoms with Crippen molar-refractivity contribution in [1.29, 1.82) is 0 Å². The van der Waals surface area contributed by atoms with Gasteiger partial charge in [0, 0.05) is 23.7 Å². The Morgan fingerprint density at radius 1 is 1.00 bits per heavy atom. The number of ketones is 1. The Hall–Kier alpha value is -3.01. The SMILES string of the molecule is CC1=C(C(=O)OCc2ccccc2)[C@@H](c2ccc(C)cc2)C2C(=O)CC(C)(C)CC2=N1. The topological polar surface area (TPSA) is 55.7 Å². The van der Waals surface area contributed by atoms with E-state index in [9.17, 15) is 9.59 Å². The molecular weight excluding hydrogens is 386 g/mol. The lowest BCUT2D eigenvalue weighted by Gasteiger charge is -2.41. The van der Waals surface area contributed by atoms with Gasteiger partial charge in [-0.3, -0.25) is 9.79 Å². The molecular formula is C27H29NO3. The first-order valence-corrected chi connectivity index (χ1v) is 10.8. The number of fused-ring (bicyclic) bond motifs is 1. The second kappa shape index (κ2) is 8.26. The van der Waals surface area contributed by atoms with Gasteiger partial charge < -0.3 is 4.74 Å². The van der Waals surface area contributed by atoms with Crippen LogP contribution in [-0.4, -0.2) is 17.5 Å². The Labute approximate surface area is 184 Å². The monoisotopic (exact) mass is 415 g/mol. The van der Waals surface area contributed by atoms with Gasteiger partial charge in [0.25, 0.3) is 0 Å². The van der Waals surface area contributed by atoms with Gasteiger partial charge in [0.05, 0.1) is 11.5 Å². The Balaban J connectivity index is 1.74. The molecule has 0 spiro atoms. The maximum atomic E-state index is 13.3. The number of benzene rings is 2. The van der Waals surface area contributed by atoms with Crippen molar-refractivity contribution in [3.8, 4) is 0 Å². The Morgan fingerprint density at radius 3 is 2.35 bits per heavy atom. The number of carbonyl (C=O) groups excluding carboxylic acids is 2. The maximum Gasteiger partial charge on any atom is 0.336 e. The van der Waals surface area contributed by atoms with Crippen molar-refractivity contribution in [2.75, 3.05) is 0 Å². The molecule has 1 unspecified atom stereocenters. The molecule has 1 heterocycles. The molecule has 0 saturated heterocycles. The number of rotatable bonds is 4. The number of hydrogen-bond donors (Lipinski definition) is 0. The molecule has 2 atom stereocenters. The number of esters is 1. The van der Waals surface area contributed by atoms with Gasteiger partial charge in [-0.15, -0.1) is 0 Å². The highest BCUT2D eigenvalue weighted by Gasteiger charge is 2.47. The van der Waals surface area contributed by atoms with E-state index >= 15 is 0 Å². The first-order valence-electron chi connectivity index (χ1n) is 10.8. The van der Waals surface area contributed by atoms with E-state index in [0.29, 0.717) is 17.7 Å². The van der Waals surface area contributed by atoms with Crippen LogP contribution < -0.4 is 0 Å². The van der Waals surface area contributed by atoms with Crippen LogP contribution in [0.1, 0.15) is 56.2 Å². The third-order valence-electron chi connectivity index (χ3n) is 6.23. The van der Waals surface area contributed by atoms with E-state index in [1.54, 1.807) is 0 Å². The predicted octanol–water partition coefficient (Wildman–Crippen LogP) is 5.56. The smallest absolute Gasteiger partial charge is 0.336 e. The van der Waals surface area contributed by atoms with Crippen LogP contribution in [0.25, 0.3) is 0 Å². The van der Waals surface area contributed by atoms with Crippen LogP contribution in [0, 0.1) is 18.3 Å². The Kier molecular flexibility index (Phi) is 5.65. The van der Waals surface area contributed by atoms with E-state index in [0.717, 1.165) is 28.8 Å². The fourth-order valence-electron chi connectivity index (χ4n) is 4.79. The zero-order chi connectivity index (χ0) is 22.2. The van der Waals surface area contributed by atoms with Gasteiger partial charge in [0.1, 0.15) is 12.4 Å². The average molecular weight is 416 g/mol. The van der Waals surface area contributed by atoms with Crippen molar-refractivity contribution in [3.63, 3.8) is 0 Å². The molecule has 0 bridgehead atoms. The molecule has 1 aliphatic heterocycles. The molecule has 1 fully saturated rings. The summed E-state index contributed by atoms with van der Waals surface area (Å²) >= 11 is 0. The number of ether oxygens (including phenoxy) is 1. The van der Waals surface area contributed by atoms with E-state index < -0.39 is 11.9 Å². The number of hydrogen-bond acceptors (Lipinski definition) is 4. The second-order valence-electron chi connectivity index (χ2n) is 9.51. The summed E-state index contributed by atoms with van der Waals surface area (Å²) < 4.78 is 5.69. The van der Waals surface area contributed by atoms with Crippen LogP contribution in [-0.2, 0) is 20.9 Å². The summed E-state index contributed by atoms with van der Waals surface area (Å²) in [6, 6.07) is 17.7. The highest BCUT2D eigenvalue weighted by molar-refractivity contribution is 6.12. The molecule has 31 heavy (non-hydrogen) atoms. The number of aryl methyl sites for hydroxylation is 1. The minimum atomic E-state index is -0.404. The van der Waals surface area contributed by atoms with Gasteiger partial charge in [0.2, 0.25) is 0 Å². The van der Waals surface area contributed by atoms with E-state index in [4.69, 9.17) is 9.73 Å². The van der Waals surface area contributed by atoms with Gasteiger partial charge in [0.15, 0.2) is 0 Å². The minimum Gasteiger partial charge on any atom is -0.457 e. The van der Waals surface area contributed by atoms with Crippen LogP contribution in [0.5, 0.6) is 0 Å². The maximum absolute atomic E-state index is 13.3. The van der Waals surface area contributed by atoms with E-state index in [-0.39, 0.29) is 23.7 Å². The number of Topliss-reactive ketones (excluding diaryl/α,β-unsaturated/α-hetero) is 1. The van der Waals surface area contributed by atoms with Crippen LogP contribution >= 0.6 is 0 Å². The fourth-order valence-corrected chi connectivity index (χ4v) is 4.79. The molecule has 4 rings (SSSR count). The normalized spacial score (nSPS) is 22.6. The largest absolute Gasteiger partial charge is 0.457 e. The fraction of sp³-hybridized carbons (Fsp3) is 0.370. The third-order valence-corrected chi connectivity index (χ3v) is 6.23. The molecule has 2 aromatic carbocycles. The first kappa shape index (κ1) is 21.2. The molecule has 2 aromatic rings. The molecule has 4 heteroatoms. The van der Waals surface area contributed by atoms with Crippen LogP contribution in [0.2, 0.25) is 0 Å². The molecule has 1 saturated carbocycles. The molecule has 0 amide bonds.